The second-order valence-corrected chi connectivity index (χ2v) is 11.1. The Hall–Kier alpha value is -3.61. The first-order chi connectivity index (χ1) is 17.7. The van der Waals surface area contributed by atoms with E-state index >= 15 is 0 Å². The number of carbonyl (C=O) groups is 2. The zero-order valence-corrected chi connectivity index (χ0v) is 21.9. The average Bonchev–Trinajstić information content (AvgIpc) is 3.60. The lowest BCUT2D eigenvalue weighted by molar-refractivity contribution is -0.117. The first kappa shape index (κ1) is 25.1. The third-order valence-corrected chi connectivity index (χ3v) is 7.59. The first-order valence-electron chi connectivity index (χ1n) is 12.1. The van der Waals surface area contributed by atoms with Crippen molar-refractivity contribution in [3.05, 3.63) is 48.3 Å². The number of aliphatic hydroxyl groups is 1. The van der Waals surface area contributed by atoms with E-state index in [0.717, 1.165) is 30.0 Å². The quantitative estimate of drug-likeness (QED) is 0.324. The number of carbonyl (C=O) groups excluding carboxylic acids is 2. The Balaban J connectivity index is 1.28. The molecular weight excluding hydrogens is 492 g/mol. The number of aromatic nitrogens is 5. The average molecular weight is 523 g/mol. The van der Waals surface area contributed by atoms with Crippen LogP contribution in [0.2, 0.25) is 0 Å². The van der Waals surface area contributed by atoms with Crippen LogP contribution in [-0.2, 0) is 11.3 Å². The molecule has 0 aliphatic carbocycles. The molecule has 1 fully saturated rings. The lowest BCUT2D eigenvalue weighted by Crippen LogP contribution is -2.32. The summed E-state index contributed by atoms with van der Waals surface area (Å²) in [6, 6.07) is 1.72. The molecule has 1 aliphatic rings. The van der Waals surface area contributed by atoms with E-state index in [4.69, 9.17) is 5.11 Å². The standard InChI is InChI=1S/C25H30N8O3S/c1-16-20(8-18(10-26-16)29-22(35)14-31-5-4-25(2,3)15-31)30-23(36)19-11-28-33-13-21(37-24(19)33)17-9-27-32(12-17)6-7-34/h8-13,34H,4-7,14-15H2,1-3H3,(H,29,35)(H,30,36). The van der Waals surface area contributed by atoms with Gasteiger partial charge >= 0.3 is 0 Å². The molecule has 2 amide bonds. The van der Waals surface area contributed by atoms with Gasteiger partial charge in [-0.15, -0.1) is 11.3 Å². The monoisotopic (exact) mass is 522 g/mol. The topological polar surface area (TPSA) is 130 Å². The Kier molecular flexibility index (Phi) is 6.80. The summed E-state index contributed by atoms with van der Waals surface area (Å²) in [6.45, 7) is 8.77. The Labute approximate surface area is 218 Å². The van der Waals surface area contributed by atoms with Crippen LogP contribution in [0.1, 0.15) is 36.3 Å². The number of thiazole rings is 1. The maximum atomic E-state index is 13.2. The molecule has 4 aromatic heterocycles. The molecule has 0 atom stereocenters. The van der Waals surface area contributed by atoms with Crippen LogP contribution in [0.3, 0.4) is 0 Å². The lowest BCUT2D eigenvalue weighted by atomic mass is 9.93. The molecule has 1 aliphatic heterocycles. The third kappa shape index (κ3) is 5.55. The Morgan fingerprint density at radius 3 is 2.76 bits per heavy atom. The number of nitrogens with zero attached hydrogens (tertiary/aromatic N) is 6. The molecule has 0 saturated carbocycles. The normalized spacial score (nSPS) is 15.4. The van der Waals surface area contributed by atoms with Crippen molar-refractivity contribution < 1.29 is 14.7 Å². The van der Waals surface area contributed by atoms with Crippen molar-refractivity contribution in [2.75, 3.05) is 36.9 Å². The fourth-order valence-corrected chi connectivity index (χ4v) is 5.50. The predicted octanol–water partition coefficient (Wildman–Crippen LogP) is 2.88. The van der Waals surface area contributed by atoms with E-state index in [1.165, 1.54) is 17.5 Å². The molecule has 0 spiro atoms. The van der Waals surface area contributed by atoms with Crippen molar-refractivity contribution in [1.29, 1.82) is 0 Å². The van der Waals surface area contributed by atoms with Gasteiger partial charge in [0.15, 0.2) is 0 Å². The Bertz CT molecular complexity index is 1450. The number of fused-ring (bicyclic) bond motifs is 1. The van der Waals surface area contributed by atoms with Gasteiger partial charge in [0.25, 0.3) is 5.91 Å². The van der Waals surface area contributed by atoms with Crippen LogP contribution < -0.4 is 10.6 Å². The van der Waals surface area contributed by atoms with Gasteiger partial charge in [-0.3, -0.25) is 24.2 Å². The smallest absolute Gasteiger partial charge is 0.260 e. The second kappa shape index (κ2) is 10.0. The maximum Gasteiger partial charge on any atom is 0.260 e. The van der Waals surface area contributed by atoms with E-state index in [9.17, 15) is 9.59 Å². The molecule has 37 heavy (non-hydrogen) atoms. The highest BCUT2D eigenvalue weighted by molar-refractivity contribution is 7.21. The van der Waals surface area contributed by atoms with Crippen LogP contribution >= 0.6 is 11.3 Å². The lowest BCUT2D eigenvalue weighted by Gasteiger charge is -2.19. The minimum atomic E-state index is -0.313. The van der Waals surface area contributed by atoms with E-state index < -0.39 is 0 Å². The molecule has 0 radical (unpaired) electrons. The Morgan fingerprint density at radius 2 is 2.00 bits per heavy atom. The molecule has 4 aromatic rings. The van der Waals surface area contributed by atoms with E-state index in [1.807, 2.05) is 12.4 Å². The van der Waals surface area contributed by atoms with Crippen molar-refractivity contribution in [2.24, 2.45) is 5.41 Å². The van der Waals surface area contributed by atoms with Crippen molar-refractivity contribution in [1.82, 2.24) is 29.3 Å². The molecule has 0 bridgehead atoms. The van der Waals surface area contributed by atoms with Gasteiger partial charge in [-0.2, -0.15) is 10.2 Å². The summed E-state index contributed by atoms with van der Waals surface area (Å²) in [6.07, 6.45) is 9.62. The molecule has 1 saturated heterocycles. The number of amides is 2. The molecule has 5 heterocycles. The zero-order valence-electron chi connectivity index (χ0n) is 21.1. The van der Waals surface area contributed by atoms with Gasteiger partial charge in [0.05, 0.1) is 65.8 Å². The number of likely N-dealkylation sites (tertiary alicyclic amines) is 1. The largest absolute Gasteiger partial charge is 0.394 e. The van der Waals surface area contributed by atoms with Crippen molar-refractivity contribution in [3.8, 4) is 10.4 Å². The minimum Gasteiger partial charge on any atom is -0.394 e. The van der Waals surface area contributed by atoms with Gasteiger partial charge in [0.1, 0.15) is 4.83 Å². The summed E-state index contributed by atoms with van der Waals surface area (Å²) < 4.78 is 3.33. The number of pyridine rings is 1. The van der Waals surface area contributed by atoms with E-state index in [-0.39, 0.29) is 23.8 Å². The van der Waals surface area contributed by atoms with Crippen LogP contribution in [0.25, 0.3) is 15.3 Å². The summed E-state index contributed by atoms with van der Waals surface area (Å²) >= 11 is 1.43. The molecule has 12 heteroatoms. The molecule has 194 valence electrons. The van der Waals surface area contributed by atoms with Crippen LogP contribution in [0.4, 0.5) is 11.4 Å². The second-order valence-electron chi connectivity index (χ2n) is 10.1. The fourth-order valence-electron chi connectivity index (χ4n) is 4.47. The van der Waals surface area contributed by atoms with Gasteiger partial charge < -0.3 is 15.7 Å². The summed E-state index contributed by atoms with van der Waals surface area (Å²) in [5.74, 6) is -0.417. The van der Waals surface area contributed by atoms with E-state index in [0.29, 0.717) is 40.6 Å². The van der Waals surface area contributed by atoms with Crippen molar-refractivity contribution in [3.63, 3.8) is 0 Å². The molecule has 0 unspecified atom stereocenters. The summed E-state index contributed by atoms with van der Waals surface area (Å²) in [5.41, 5.74) is 3.24. The van der Waals surface area contributed by atoms with E-state index in [1.54, 1.807) is 34.6 Å². The molecule has 3 N–H and O–H groups in total. The summed E-state index contributed by atoms with van der Waals surface area (Å²) in [5, 5.41) is 23.5. The molecule has 0 aromatic carbocycles. The van der Waals surface area contributed by atoms with Gasteiger partial charge in [-0.05, 0) is 31.4 Å². The van der Waals surface area contributed by atoms with Crippen LogP contribution in [-0.4, -0.2) is 72.4 Å². The highest BCUT2D eigenvalue weighted by Gasteiger charge is 2.30. The van der Waals surface area contributed by atoms with Gasteiger partial charge in [-0.1, -0.05) is 13.8 Å². The van der Waals surface area contributed by atoms with Crippen LogP contribution in [0.5, 0.6) is 0 Å². The Morgan fingerprint density at radius 1 is 1.16 bits per heavy atom. The zero-order chi connectivity index (χ0) is 26.2. The fraction of sp³-hybridized carbons (Fsp3) is 0.400. The third-order valence-electron chi connectivity index (χ3n) is 6.43. The summed E-state index contributed by atoms with van der Waals surface area (Å²) in [7, 11) is 0. The number of nitrogens with one attached hydrogen (secondary N) is 2. The maximum absolute atomic E-state index is 13.2. The van der Waals surface area contributed by atoms with Gasteiger partial charge in [0, 0.05) is 24.5 Å². The highest BCUT2D eigenvalue weighted by atomic mass is 32.1. The summed E-state index contributed by atoms with van der Waals surface area (Å²) in [4.78, 5) is 33.9. The van der Waals surface area contributed by atoms with Crippen molar-refractivity contribution in [2.45, 2.75) is 33.7 Å². The SMILES string of the molecule is Cc1ncc(NC(=O)CN2CCC(C)(C)C2)cc1NC(=O)c1cnn2cc(-c3cnn(CCO)c3)sc12. The first-order valence-corrected chi connectivity index (χ1v) is 12.9. The number of rotatable bonds is 8. The molecular formula is C25H30N8O3S. The highest BCUT2D eigenvalue weighted by Crippen LogP contribution is 2.31. The van der Waals surface area contributed by atoms with Crippen molar-refractivity contribution >= 4 is 39.4 Å². The number of hydrogen-bond acceptors (Lipinski definition) is 8. The number of aliphatic hydroxyl groups excluding tert-OH is 1. The minimum absolute atomic E-state index is 0.00907. The van der Waals surface area contributed by atoms with Crippen LogP contribution in [0.15, 0.2) is 37.1 Å². The number of anilines is 2. The van der Waals surface area contributed by atoms with E-state index in [2.05, 4.69) is 44.6 Å². The van der Waals surface area contributed by atoms with Gasteiger partial charge in [-0.25, -0.2) is 4.52 Å². The number of aryl methyl sites for hydroxylation is 1. The predicted molar refractivity (Wildman–Crippen MR) is 142 cm³/mol. The molecule has 5 rings (SSSR count). The van der Waals surface area contributed by atoms with Crippen LogP contribution in [0, 0.1) is 12.3 Å². The number of hydrogen-bond donors (Lipinski definition) is 3. The molecule has 11 nitrogen and oxygen atoms in total. The van der Waals surface area contributed by atoms with Gasteiger partial charge in [0.2, 0.25) is 5.91 Å².